The summed E-state index contributed by atoms with van der Waals surface area (Å²) in [5.74, 6) is -0.483. The molecule has 0 aromatic heterocycles. The summed E-state index contributed by atoms with van der Waals surface area (Å²) in [6, 6.07) is 13.5. The van der Waals surface area contributed by atoms with Gasteiger partial charge >= 0.3 is 0 Å². The second kappa shape index (κ2) is 7.53. The standard InChI is InChI=1S/C19H16N2O4S/c1-12(22)14-5-3-7-16(9-14)20-18(24)15-6-2-4-13(8-15)10-21-17(23)11-26-19(21)25/h2-9H,10-11H2,1H3,(H,20,24). The predicted octanol–water partition coefficient (Wildman–Crippen LogP) is 3.34. The number of thioether (sulfide) groups is 1. The van der Waals surface area contributed by atoms with Gasteiger partial charge in [-0.2, -0.15) is 0 Å². The predicted molar refractivity (Wildman–Crippen MR) is 99.2 cm³/mol. The molecule has 132 valence electrons. The summed E-state index contributed by atoms with van der Waals surface area (Å²) in [7, 11) is 0. The van der Waals surface area contributed by atoms with Gasteiger partial charge < -0.3 is 5.32 Å². The first-order chi connectivity index (χ1) is 12.4. The normalized spacial score (nSPS) is 13.8. The van der Waals surface area contributed by atoms with Crippen molar-refractivity contribution < 1.29 is 19.2 Å². The van der Waals surface area contributed by atoms with E-state index in [1.54, 1.807) is 48.5 Å². The monoisotopic (exact) mass is 368 g/mol. The molecular weight excluding hydrogens is 352 g/mol. The fraction of sp³-hybridized carbons (Fsp3) is 0.158. The van der Waals surface area contributed by atoms with Crippen LogP contribution in [0.4, 0.5) is 10.5 Å². The van der Waals surface area contributed by atoms with Crippen LogP contribution in [0.1, 0.15) is 33.2 Å². The van der Waals surface area contributed by atoms with Crippen LogP contribution in [0.2, 0.25) is 0 Å². The highest BCUT2D eigenvalue weighted by Gasteiger charge is 2.29. The van der Waals surface area contributed by atoms with Crippen LogP contribution in [-0.2, 0) is 11.3 Å². The van der Waals surface area contributed by atoms with Gasteiger partial charge in [0, 0.05) is 16.8 Å². The van der Waals surface area contributed by atoms with Crippen molar-refractivity contribution in [3.8, 4) is 0 Å². The maximum atomic E-state index is 12.5. The molecule has 1 fully saturated rings. The van der Waals surface area contributed by atoms with E-state index in [2.05, 4.69) is 5.32 Å². The van der Waals surface area contributed by atoms with Crippen LogP contribution in [0.3, 0.4) is 0 Å². The number of ketones is 1. The van der Waals surface area contributed by atoms with Crippen molar-refractivity contribution in [2.45, 2.75) is 13.5 Å². The number of anilines is 1. The zero-order chi connectivity index (χ0) is 18.7. The molecule has 0 radical (unpaired) electrons. The minimum atomic E-state index is -0.332. The van der Waals surface area contributed by atoms with E-state index in [9.17, 15) is 19.2 Å². The van der Waals surface area contributed by atoms with Gasteiger partial charge in [-0.15, -0.1) is 0 Å². The lowest BCUT2D eigenvalue weighted by atomic mass is 10.1. The number of hydrogen-bond donors (Lipinski definition) is 1. The van der Waals surface area contributed by atoms with Gasteiger partial charge in [-0.1, -0.05) is 36.0 Å². The van der Waals surface area contributed by atoms with Crippen LogP contribution in [0, 0.1) is 0 Å². The molecule has 26 heavy (non-hydrogen) atoms. The second-order valence-electron chi connectivity index (χ2n) is 5.83. The quantitative estimate of drug-likeness (QED) is 0.819. The lowest BCUT2D eigenvalue weighted by Gasteiger charge is -2.13. The number of benzene rings is 2. The highest BCUT2D eigenvalue weighted by molar-refractivity contribution is 8.14. The van der Waals surface area contributed by atoms with E-state index in [-0.39, 0.29) is 35.1 Å². The van der Waals surface area contributed by atoms with E-state index in [0.717, 1.165) is 11.8 Å². The fourth-order valence-electron chi connectivity index (χ4n) is 2.55. The molecule has 0 bridgehead atoms. The number of hydrogen-bond acceptors (Lipinski definition) is 5. The van der Waals surface area contributed by atoms with Crippen molar-refractivity contribution in [3.05, 3.63) is 65.2 Å². The minimum Gasteiger partial charge on any atom is -0.322 e. The van der Waals surface area contributed by atoms with Crippen molar-refractivity contribution in [1.29, 1.82) is 0 Å². The fourth-order valence-corrected chi connectivity index (χ4v) is 3.27. The Labute approximate surface area is 154 Å². The average molecular weight is 368 g/mol. The summed E-state index contributed by atoms with van der Waals surface area (Å²) in [4.78, 5) is 48.5. The largest absolute Gasteiger partial charge is 0.322 e. The van der Waals surface area contributed by atoms with Gasteiger partial charge in [0.2, 0.25) is 5.91 Å². The molecular formula is C19H16N2O4S. The molecule has 7 heteroatoms. The maximum absolute atomic E-state index is 12.5. The van der Waals surface area contributed by atoms with Crippen molar-refractivity contribution in [3.63, 3.8) is 0 Å². The molecule has 1 N–H and O–H groups in total. The molecule has 0 aliphatic carbocycles. The highest BCUT2D eigenvalue weighted by atomic mass is 32.2. The Morgan fingerprint density at radius 1 is 1.08 bits per heavy atom. The molecule has 6 nitrogen and oxygen atoms in total. The van der Waals surface area contributed by atoms with Crippen LogP contribution in [-0.4, -0.2) is 33.5 Å². The van der Waals surface area contributed by atoms with Gasteiger partial charge in [0.05, 0.1) is 12.3 Å². The molecule has 0 atom stereocenters. The Kier molecular flexibility index (Phi) is 5.18. The van der Waals surface area contributed by atoms with E-state index in [1.807, 2.05) is 0 Å². The third-order valence-corrected chi connectivity index (χ3v) is 4.76. The van der Waals surface area contributed by atoms with Crippen LogP contribution < -0.4 is 5.32 Å². The Balaban J connectivity index is 1.74. The third-order valence-electron chi connectivity index (χ3n) is 3.90. The SMILES string of the molecule is CC(=O)c1cccc(NC(=O)c2cccc(CN3C(=O)CSC3=O)c2)c1. The van der Waals surface area contributed by atoms with Crippen LogP contribution >= 0.6 is 11.8 Å². The lowest BCUT2D eigenvalue weighted by Crippen LogP contribution is -2.28. The number of nitrogens with zero attached hydrogens (tertiary/aromatic N) is 1. The molecule has 1 heterocycles. The van der Waals surface area contributed by atoms with E-state index in [4.69, 9.17) is 0 Å². The number of imide groups is 1. The Bertz CT molecular complexity index is 894. The van der Waals surface area contributed by atoms with Crippen LogP contribution in [0.15, 0.2) is 48.5 Å². The van der Waals surface area contributed by atoms with Gasteiger partial charge in [0.25, 0.3) is 11.1 Å². The molecule has 3 rings (SSSR count). The van der Waals surface area contributed by atoms with Gasteiger partial charge in [-0.3, -0.25) is 24.1 Å². The smallest absolute Gasteiger partial charge is 0.289 e. The summed E-state index contributed by atoms with van der Waals surface area (Å²) in [5.41, 5.74) is 2.14. The average Bonchev–Trinajstić information content (AvgIpc) is 2.94. The van der Waals surface area contributed by atoms with Crippen molar-refractivity contribution in [2.24, 2.45) is 0 Å². The molecule has 1 aliphatic heterocycles. The molecule has 0 spiro atoms. The molecule has 2 aromatic rings. The molecule has 1 aliphatic rings. The Hall–Kier alpha value is -2.93. The zero-order valence-electron chi connectivity index (χ0n) is 14.0. The number of carbonyl (C=O) groups excluding carboxylic acids is 4. The van der Waals surface area contributed by atoms with Crippen LogP contribution in [0.25, 0.3) is 0 Å². The number of rotatable bonds is 5. The van der Waals surface area contributed by atoms with E-state index in [1.165, 1.54) is 11.8 Å². The summed E-state index contributed by atoms with van der Waals surface area (Å²) in [6.07, 6.45) is 0. The van der Waals surface area contributed by atoms with Crippen molar-refractivity contribution in [2.75, 3.05) is 11.1 Å². The summed E-state index contributed by atoms with van der Waals surface area (Å²) < 4.78 is 0. The zero-order valence-corrected chi connectivity index (χ0v) is 14.8. The molecule has 2 aromatic carbocycles. The van der Waals surface area contributed by atoms with Crippen molar-refractivity contribution in [1.82, 2.24) is 4.90 Å². The Morgan fingerprint density at radius 3 is 2.50 bits per heavy atom. The number of Topliss-reactive ketones (excluding diaryl/α,β-unsaturated/α-hetero) is 1. The van der Waals surface area contributed by atoms with Gasteiger partial charge in [0.1, 0.15) is 0 Å². The van der Waals surface area contributed by atoms with Gasteiger partial charge in [0.15, 0.2) is 5.78 Å². The minimum absolute atomic E-state index is 0.0825. The lowest BCUT2D eigenvalue weighted by molar-refractivity contribution is -0.125. The van der Waals surface area contributed by atoms with Gasteiger partial charge in [-0.05, 0) is 36.8 Å². The topological polar surface area (TPSA) is 83.6 Å². The van der Waals surface area contributed by atoms with Crippen LogP contribution in [0.5, 0.6) is 0 Å². The summed E-state index contributed by atoms with van der Waals surface area (Å²) >= 11 is 0.979. The van der Waals surface area contributed by atoms with Crippen molar-refractivity contribution >= 4 is 40.3 Å². The third kappa shape index (κ3) is 4.00. The first-order valence-corrected chi connectivity index (χ1v) is 8.91. The number of nitrogens with one attached hydrogen (secondary N) is 1. The number of amides is 3. The second-order valence-corrected chi connectivity index (χ2v) is 6.75. The Morgan fingerprint density at radius 2 is 1.81 bits per heavy atom. The summed E-state index contributed by atoms with van der Waals surface area (Å²) in [5, 5.41) is 2.48. The summed E-state index contributed by atoms with van der Waals surface area (Å²) in [6.45, 7) is 1.61. The molecule has 0 unspecified atom stereocenters. The number of carbonyl (C=O) groups is 4. The van der Waals surface area contributed by atoms with E-state index < -0.39 is 0 Å². The van der Waals surface area contributed by atoms with Gasteiger partial charge in [-0.25, -0.2) is 0 Å². The first-order valence-electron chi connectivity index (χ1n) is 7.92. The molecule has 3 amide bonds. The van der Waals surface area contributed by atoms with E-state index >= 15 is 0 Å². The maximum Gasteiger partial charge on any atom is 0.289 e. The van der Waals surface area contributed by atoms with E-state index in [0.29, 0.717) is 22.4 Å². The molecule has 0 saturated carbocycles. The first kappa shape index (κ1) is 17.9. The highest BCUT2D eigenvalue weighted by Crippen LogP contribution is 2.22. The molecule has 1 saturated heterocycles.